The minimum atomic E-state index is -0.858. The van der Waals surface area contributed by atoms with E-state index >= 15 is 0 Å². The van der Waals surface area contributed by atoms with E-state index in [9.17, 15) is 4.79 Å². The van der Waals surface area contributed by atoms with Gasteiger partial charge in [0.1, 0.15) is 0 Å². The molecule has 0 atom stereocenters. The van der Waals surface area contributed by atoms with E-state index in [1.54, 1.807) is 7.05 Å². The molecule has 0 aromatic carbocycles. The largest absolute Gasteiger partial charge is 0.465 e. The Balaban J connectivity index is -0.000000500. The van der Waals surface area contributed by atoms with E-state index in [-0.39, 0.29) is 24.8 Å². The highest BCUT2D eigenvalue weighted by Crippen LogP contribution is 1.89. The first-order valence-electron chi connectivity index (χ1n) is 3.63. The summed E-state index contributed by atoms with van der Waals surface area (Å²) < 4.78 is 0. The average molecular weight is 233 g/mol. The second kappa shape index (κ2) is 9.89. The van der Waals surface area contributed by atoms with Crippen LogP contribution in [0.25, 0.3) is 0 Å². The predicted octanol–water partition coefficient (Wildman–Crippen LogP) is 1.39. The van der Waals surface area contributed by atoms with Gasteiger partial charge in [-0.1, -0.05) is 0 Å². The van der Waals surface area contributed by atoms with Crippen molar-refractivity contribution in [2.45, 2.75) is 6.42 Å². The maximum Gasteiger partial charge on any atom is 0.407 e. The van der Waals surface area contributed by atoms with Gasteiger partial charge in [-0.05, 0) is 27.1 Å². The maximum absolute atomic E-state index is 10.3. The highest BCUT2D eigenvalue weighted by Gasteiger charge is 2.03. The SMILES string of the molecule is CN(C)CCCN(C)C(=O)O.Cl.Cl. The van der Waals surface area contributed by atoms with Crippen LogP contribution in [0.2, 0.25) is 0 Å². The van der Waals surface area contributed by atoms with Crippen LogP contribution in [0.5, 0.6) is 0 Å². The first kappa shape index (κ1) is 18.6. The first-order valence-corrected chi connectivity index (χ1v) is 3.63. The standard InChI is InChI=1S/C7H16N2O2.2ClH/c1-8(2)5-4-6-9(3)7(10)11;;/h4-6H2,1-3H3,(H,10,11);2*1H. The summed E-state index contributed by atoms with van der Waals surface area (Å²) in [6, 6.07) is 0. The summed E-state index contributed by atoms with van der Waals surface area (Å²) in [5.74, 6) is 0. The molecule has 0 heterocycles. The van der Waals surface area contributed by atoms with E-state index < -0.39 is 6.09 Å². The molecule has 82 valence electrons. The van der Waals surface area contributed by atoms with Crippen molar-refractivity contribution in [3.8, 4) is 0 Å². The molecule has 0 aromatic heterocycles. The third-order valence-corrected chi connectivity index (χ3v) is 1.43. The van der Waals surface area contributed by atoms with E-state index in [1.165, 1.54) is 4.90 Å². The van der Waals surface area contributed by atoms with Crippen LogP contribution in [0.15, 0.2) is 0 Å². The van der Waals surface area contributed by atoms with Gasteiger partial charge in [-0.2, -0.15) is 0 Å². The summed E-state index contributed by atoms with van der Waals surface area (Å²) in [7, 11) is 5.53. The van der Waals surface area contributed by atoms with Crippen molar-refractivity contribution in [2.24, 2.45) is 0 Å². The van der Waals surface area contributed by atoms with Gasteiger partial charge in [-0.15, -0.1) is 24.8 Å². The minimum absolute atomic E-state index is 0. The summed E-state index contributed by atoms with van der Waals surface area (Å²) >= 11 is 0. The molecular weight excluding hydrogens is 215 g/mol. The molecule has 0 aliphatic heterocycles. The second-order valence-corrected chi connectivity index (χ2v) is 2.86. The monoisotopic (exact) mass is 232 g/mol. The Morgan fingerprint density at radius 2 is 1.62 bits per heavy atom. The lowest BCUT2D eigenvalue weighted by Gasteiger charge is -2.14. The van der Waals surface area contributed by atoms with Crippen molar-refractivity contribution >= 4 is 30.9 Å². The Kier molecular flexibility index (Phi) is 14.1. The summed E-state index contributed by atoms with van der Waals surface area (Å²) in [6.45, 7) is 1.53. The van der Waals surface area contributed by atoms with E-state index in [1.807, 2.05) is 19.0 Å². The summed E-state index contributed by atoms with van der Waals surface area (Å²) in [4.78, 5) is 13.6. The molecule has 0 unspecified atom stereocenters. The number of carbonyl (C=O) groups is 1. The molecule has 0 aromatic rings. The van der Waals surface area contributed by atoms with Crippen molar-refractivity contribution in [3.63, 3.8) is 0 Å². The zero-order chi connectivity index (χ0) is 8.85. The number of amides is 1. The molecule has 0 saturated carbocycles. The third-order valence-electron chi connectivity index (χ3n) is 1.43. The number of hydrogen-bond donors (Lipinski definition) is 1. The van der Waals surface area contributed by atoms with Crippen LogP contribution in [-0.4, -0.2) is 55.2 Å². The Hall–Kier alpha value is -0.190. The third kappa shape index (κ3) is 11.8. The maximum atomic E-state index is 10.3. The zero-order valence-electron chi connectivity index (χ0n) is 8.19. The molecule has 0 rings (SSSR count). The van der Waals surface area contributed by atoms with Gasteiger partial charge in [0.25, 0.3) is 0 Å². The molecule has 13 heavy (non-hydrogen) atoms. The van der Waals surface area contributed by atoms with Crippen molar-refractivity contribution < 1.29 is 9.90 Å². The average Bonchev–Trinajstić information content (AvgIpc) is 1.86. The molecule has 0 bridgehead atoms. The smallest absolute Gasteiger partial charge is 0.407 e. The predicted molar refractivity (Wildman–Crippen MR) is 58.3 cm³/mol. The van der Waals surface area contributed by atoms with Crippen LogP contribution in [0.4, 0.5) is 4.79 Å². The van der Waals surface area contributed by atoms with Gasteiger partial charge in [-0.3, -0.25) is 0 Å². The lowest BCUT2D eigenvalue weighted by molar-refractivity contribution is 0.154. The van der Waals surface area contributed by atoms with Gasteiger partial charge in [0.15, 0.2) is 0 Å². The van der Waals surface area contributed by atoms with Crippen molar-refractivity contribution in [2.75, 3.05) is 34.2 Å². The molecule has 0 radical (unpaired) electrons. The molecule has 1 N–H and O–H groups in total. The van der Waals surface area contributed by atoms with E-state index in [0.29, 0.717) is 6.54 Å². The molecule has 6 heteroatoms. The molecule has 0 aliphatic rings. The van der Waals surface area contributed by atoms with Gasteiger partial charge >= 0.3 is 6.09 Å². The summed E-state index contributed by atoms with van der Waals surface area (Å²) in [5.41, 5.74) is 0. The molecule has 0 saturated heterocycles. The summed E-state index contributed by atoms with van der Waals surface area (Å²) in [5, 5.41) is 8.46. The van der Waals surface area contributed by atoms with Crippen LogP contribution < -0.4 is 0 Å². The molecular formula is C7H18Cl2N2O2. The fourth-order valence-corrected chi connectivity index (χ4v) is 0.720. The Labute approximate surface area is 91.7 Å². The lowest BCUT2D eigenvalue weighted by atomic mass is 10.4. The van der Waals surface area contributed by atoms with Gasteiger partial charge < -0.3 is 14.9 Å². The molecule has 1 amide bonds. The lowest BCUT2D eigenvalue weighted by Crippen LogP contribution is -2.28. The van der Waals surface area contributed by atoms with E-state index in [2.05, 4.69) is 0 Å². The second-order valence-electron chi connectivity index (χ2n) is 2.86. The van der Waals surface area contributed by atoms with Crippen LogP contribution in [-0.2, 0) is 0 Å². The Morgan fingerprint density at radius 1 is 1.15 bits per heavy atom. The van der Waals surface area contributed by atoms with Gasteiger partial charge in [0.2, 0.25) is 0 Å². The number of halogens is 2. The Morgan fingerprint density at radius 3 is 1.92 bits per heavy atom. The van der Waals surface area contributed by atoms with Gasteiger partial charge in [0, 0.05) is 13.6 Å². The van der Waals surface area contributed by atoms with Crippen LogP contribution in [0.1, 0.15) is 6.42 Å². The number of rotatable bonds is 4. The van der Waals surface area contributed by atoms with Gasteiger partial charge in [-0.25, -0.2) is 4.79 Å². The fraction of sp³-hybridized carbons (Fsp3) is 0.857. The fourth-order valence-electron chi connectivity index (χ4n) is 0.720. The molecule has 0 fully saturated rings. The normalized spacial score (nSPS) is 8.62. The van der Waals surface area contributed by atoms with Crippen molar-refractivity contribution in [1.29, 1.82) is 0 Å². The van der Waals surface area contributed by atoms with Gasteiger partial charge in [0.05, 0.1) is 0 Å². The minimum Gasteiger partial charge on any atom is -0.465 e. The van der Waals surface area contributed by atoms with Crippen molar-refractivity contribution in [1.82, 2.24) is 9.80 Å². The molecule has 0 aliphatic carbocycles. The summed E-state index contributed by atoms with van der Waals surface area (Å²) in [6.07, 6.45) is 0.0271. The first-order chi connectivity index (χ1) is 5.04. The van der Waals surface area contributed by atoms with Crippen molar-refractivity contribution in [3.05, 3.63) is 0 Å². The number of carboxylic acid groups (broad SMARTS) is 1. The van der Waals surface area contributed by atoms with E-state index in [4.69, 9.17) is 5.11 Å². The van der Waals surface area contributed by atoms with Crippen LogP contribution in [0, 0.1) is 0 Å². The number of nitrogens with zero attached hydrogens (tertiary/aromatic N) is 2. The quantitative estimate of drug-likeness (QED) is 0.797. The Bertz CT molecular complexity index is 134. The van der Waals surface area contributed by atoms with Crippen LogP contribution >= 0.6 is 24.8 Å². The number of hydrogen-bond acceptors (Lipinski definition) is 2. The molecule has 0 spiro atoms. The zero-order valence-corrected chi connectivity index (χ0v) is 9.82. The topological polar surface area (TPSA) is 43.8 Å². The van der Waals surface area contributed by atoms with E-state index in [0.717, 1.165) is 13.0 Å². The highest BCUT2D eigenvalue weighted by atomic mass is 35.5. The van der Waals surface area contributed by atoms with Crippen LogP contribution in [0.3, 0.4) is 0 Å². The highest BCUT2D eigenvalue weighted by molar-refractivity contribution is 5.85. The molecule has 4 nitrogen and oxygen atoms in total.